The Morgan fingerprint density at radius 2 is 1.66 bits per heavy atom. The van der Waals surface area contributed by atoms with Crippen molar-refractivity contribution in [1.29, 1.82) is 5.26 Å². The summed E-state index contributed by atoms with van der Waals surface area (Å²) in [6.07, 6.45) is 0.543. The van der Waals surface area contributed by atoms with Crippen molar-refractivity contribution in [2.45, 2.75) is 6.42 Å². The fourth-order valence-corrected chi connectivity index (χ4v) is 2.61. The Morgan fingerprint density at radius 3 is 2.38 bits per heavy atom. The van der Waals surface area contributed by atoms with Crippen LogP contribution >= 0.6 is 0 Å². The maximum atomic E-state index is 12.9. The molecule has 144 valence electrons. The number of benzene rings is 2. The van der Waals surface area contributed by atoms with Gasteiger partial charge in [0.2, 0.25) is 0 Å². The maximum Gasteiger partial charge on any atom is 0.274 e. The molecule has 2 aromatic carbocycles. The van der Waals surface area contributed by atoms with E-state index in [4.69, 9.17) is 5.26 Å². The van der Waals surface area contributed by atoms with E-state index < -0.39 is 11.8 Å². The highest BCUT2D eigenvalue weighted by Gasteiger charge is 2.12. The van der Waals surface area contributed by atoms with Gasteiger partial charge in [0.05, 0.1) is 11.6 Å². The number of pyridine rings is 1. The number of nitrogens with zero attached hydrogens (tertiary/aromatic N) is 2. The zero-order valence-corrected chi connectivity index (χ0v) is 15.4. The third kappa shape index (κ3) is 5.47. The summed E-state index contributed by atoms with van der Waals surface area (Å²) in [6.45, 7) is 0.351. The van der Waals surface area contributed by atoms with Crippen LogP contribution in [0.3, 0.4) is 0 Å². The molecular formula is C22H17FN4O2. The lowest BCUT2D eigenvalue weighted by molar-refractivity contribution is 0.0949. The lowest BCUT2D eigenvalue weighted by atomic mass is 10.1. The van der Waals surface area contributed by atoms with Crippen LogP contribution < -0.4 is 10.6 Å². The molecule has 6 nitrogen and oxygen atoms in total. The number of hydrogen-bond donors (Lipinski definition) is 2. The first-order valence-corrected chi connectivity index (χ1v) is 8.86. The highest BCUT2D eigenvalue weighted by molar-refractivity contribution is 6.03. The first kappa shape index (κ1) is 19.7. The van der Waals surface area contributed by atoms with E-state index in [9.17, 15) is 14.0 Å². The van der Waals surface area contributed by atoms with E-state index in [0.717, 1.165) is 5.56 Å². The smallest absolute Gasteiger partial charge is 0.274 e. The van der Waals surface area contributed by atoms with Crippen LogP contribution in [0.5, 0.6) is 0 Å². The number of nitrogens with one attached hydrogen (secondary N) is 2. The molecule has 0 saturated carbocycles. The topological polar surface area (TPSA) is 94.9 Å². The molecule has 29 heavy (non-hydrogen) atoms. The minimum atomic E-state index is -0.485. The molecule has 0 aliphatic heterocycles. The lowest BCUT2D eigenvalue weighted by Gasteiger charge is -2.08. The summed E-state index contributed by atoms with van der Waals surface area (Å²) in [4.78, 5) is 28.8. The number of halogens is 1. The molecule has 2 N–H and O–H groups in total. The van der Waals surface area contributed by atoms with Crippen LogP contribution in [0.1, 0.15) is 32.1 Å². The van der Waals surface area contributed by atoms with Crippen molar-refractivity contribution in [3.8, 4) is 6.07 Å². The van der Waals surface area contributed by atoms with Crippen LogP contribution in [0.2, 0.25) is 0 Å². The zero-order chi connectivity index (χ0) is 20.6. The molecule has 0 atom stereocenters. The largest absolute Gasteiger partial charge is 0.350 e. The van der Waals surface area contributed by atoms with Gasteiger partial charge in [0.15, 0.2) is 0 Å². The number of carbonyl (C=O) groups excluding carboxylic acids is 2. The predicted molar refractivity (Wildman–Crippen MR) is 106 cm³/mol. The Balaban J connectivity index is 1.60. The van der Waals surface area contributed by atoms with Crippen molar-refractivity contribution in [2.75, 3.05) is 11.9 Å². The van der Waals surface area contributed by atoms with Crippen molar-refractivity contribution < 1.29 is 14.0 Å². The van der Waals surface area contributed by atoms with E-state index in [-0.39, 0.29) is 17.2 Å². The molecule has 2 amide bonds. The van der Waals surface area contributed by atoms with Crippen molar-refractivity contribution in [2.24, 2.45) is 0 Å². The van der Waals surface area contributed by atoms with E-state index in [0.29, 0.717) is 24.2 Å². The second kappa shape index (κ2) is 9.24. The van der Waals surface area contributed by atoms with Gasteiger partial charge in [-0.05, 0) is 54.4 Å². The Hall–Kier alpha value is -4.05. The highest BCUT2D eigenvalue weighted by atomic mass is 19.1. The number of hydrogen-bond acceptors (Lipinski definition) is 4. The van der Waals surface area contributed by atoms with Gasteiger partial charge in [-0.15, -0.1) is 0 Å². The van der Waals surface area contributed by atoms with Crippen molar-refractivity contribution in [3.63, 3.8) is 0 Å². The van der Waals surface area contributed by atoms with E-state index in [1.165, 1.54) is 24.3 Å². The molecule has 3 rings (SSSR count). The van der Waals surface area contributed by atoms with Crippen LogP contribution in [0.4, 0.5) is 10.1 Å². The molecular weight excluding hydrogens is 371 g/mol. The first-order valence-electron chi connectivity index (χ1n) is 8.86. The summed E-state index contributed by atoms with van der Waals surface area (Å²) in [7, 11) is 0. The summed E-state index contributed by atoms with van der Waals surface area (Å²) in [6, 6.07) is 19.1. The molecule has 0 aliphatic rings. The third-order valence-electron chi connectivity index (χ3n) is 4.08. The van der Waals surface area contributed by atoms with Crippen LogP contribution in [0, 0.1) is 17.1 Å². The zero-order valence-electron chi connectivity index (χ0n) is 15.4. The summed E-state index contributed by atoms with van der Waals surface area (Å²) >= 11 is 0. The van der Waals surface area contributed by atoms with Crippen LogP contribution in [-0.2, 0) is 6.42 Å². The third-order valence-corrected chi connectivity index (χ3v) is 4.08. The molecule has 1 aromatic heterocycles. The molecule has 1 heterocycles. The highest BCUT2D eigenvalue weighted by Crippen LogP contribution is 2.11. The van der Waals surface area contributed by atoms with Crippen molar-refractivity contribution in [3.05, 3.63) is 95.1 Å². The molecule has 0 unspecified atom stereocenters. The average molecular weight is 388 g/mol. The first-order chi connectivity index (χ1) is 14.0. The Kier molecular flexibility index (Phi) is 6.28. The fraction of sp³-hybridized carbons (Fsp3) is 0.0909. The number of nitriles is 1. The van der Waals surface area contributed by atoms with Crippen molar-refractivity contribution >= 4 is 17.5 Å². The minimum Gasteiger partial charge on any atom is -0.350 e. The normalized spacial score (nSPS) is 10.1. The SMILES string of the molecule is N#Cc1cccc(NC(=O)c2cccc(C(=O)NCCc3ccc(F)cc3)n2)c1. The minimum absolute atomic E-state index is 0.0820. The predicted octanol–water partition coefficient (Wildman–Crippen LogP) is 3.32. The van der Waals surface area contributed by atoms with Gasteiger partial charge in [-0.1, -0.05) is 24.3 Å². The molecule has 0 saturated heterocycles. The Labute approximate surface area is 167 Å². The average Bonchev–Trinajstić information content (AvgIpc) is 2.75. The van der Waals surface area contributed by atoms with Gasteiger partial charge in [-0.3, -0.25) is 9.59 Å². The number of aromatic nitrogens is 1. The monoisotopic (exact) mass is 388 g/mol. The molecule has 0 spiro atoms. The fourth-order valence-electron chi connectivity index (χ4n) is 2.61. The number of carbonyl (C=O) groups is 2. The summed E-state index contributed by atoms with van der Waals surface area (Å²) < 4.78 is 12.9. The van der Waals surface area contributed by atoms with Crippen LogP contribution in [0.25, 0.3) is 0 Å². The quantitative estimate of drug-likeness (QED) is 0.677. The van der Waals surface area contributed by atoms with Gasteiger partial charge in [-0.2, -0.15) is 5.26 Å². The van der Waals surface area contributed by atoms with Gasteiger partial charge in [0, 0.05) is 12.2 Å². The van der Waals surface area contributed by atoms with E-state index in [2.05, 4.69) is 15.6 Å². The number of amides is 2. The molecule has 0 aliphatic carbocycles. The van der Waals surface area contributed by atoms with Gasteiger partial charge in [0.25, 0.3) is 11.8 Å². The van der Waals surface area contributed by atoms with E-state index in [1.54, 1.807) is 42.5 Å². The molecule has 0 fully saturated rings. The maximum absolute atomic E-state index is 12.9. The van der Waals surface area contributed by atoms with Gasteiger partial charge >= 0.3 is 0 Å². The van der Waals surface area contributed by atoms with E-state index in [1.807, 2.05) is 6.07 Å². The van der Waals surface area contributed by atoms with E-state index >= 15 is 0 Å². The van der Waals surface area contributed by atoms with Gasteiger partial charge in [-0.25, -0.2) is 9.37 Å². The lowest BCUT2D eigenvalue weighted by Crippen LogP contribution is -2.27. The molecule has 3 aromatic rings. The second-order valence-corrected chi connectivity index (χ2v) is 6.19. The summed E-state index contributed by atoms with van der Waals surface area (Å²) in [5.41, 5.74) is 1.98. The number of rotatable bonds is 6. The standard InChI is InChI=1S/C22H17FN4O2/c23-17-9-7-15(8-10-17)11-12-25-21(28)19-5-2-6-20(27-19)22(29)26-18-4-1-3-16(13-18)14-24/h1-10,13H,11-12H2,(H,25,28)(H,26,29). The van der Waals surface area contributed by atoms with Gasteiger partial charge in [0.1, 0.15) is 17.2 Å². The van der Waals surface area contributed by atoms with Crippen molar-refractivity contribution in [1.82, 2.24) is 10.3 Å². The molecule has 7 heteroatoms. The second-order valence-electron chi connectivity index (χ2n) is 6.19. The summed E-state index contributed by atoms with van der Waals surface area (Å²) in [5, 5.41) is 14.3. The molecule has 0 radical (unpaired) electrons. The summed E-state index contributed by atoms with van der Waals surface area (Å²) in [5.74, 6) is -1.20. The Bertz CT molecular complexity index is 1070. The Morgan fingerprint density at radius 1 is 0.966 bits per heavy atom. The molecule has 0 bridgehead atoms. The van der Waals surface area contributed by atoms with Crippen LogP contribution in [0.15, 0.2) is 66.7 Å². The van der Waals surface area contributed by atoms with Crippen LogP contribution in [-0.4, -0.2) is 23.3 Å². The van der Waals surface area contributed by atoms with Gasteiger partial charge < -0.3 is 10.6 Å². The number of anilines is 1.